The molecule has 1 aliphatic rings. The van der Waals surface area contributed by atoms with Crippen molar-refractivity contribution >= 4 is 22.6 Å². The highest BCUT2D eigenvalue weighted by Gasteiger charge is 2.27. The van der Waals surface area contributed by atoms with Crippen molar-refractivity contribution in [1.82, 2.24) is 0 Å². The minimum atomic E-state index is 0.336. The van der Waals surface area contributed by atoms with Crippen LogP contribution in [-0.4, -0.2) is 20.3 Å². The second kappa shape index (κ2) is 6.87. The molecule has 0 fully saturated rings. The zero-order valence-electron chi connectivity index (χ0n) is 12.9. The smallest absolute Gasteiger partial charge is 0.161 e. The van der Waals surface area contributed by atoms with Crippen LogP contribution in [0.15, 0.2) is 36.4 Å². The minimum Gasteiger partial charge on any atom is -0.493 e. The monoisotopic (exact) mass is 410 g/mol. The van der Waals surface area contributed by atoms with Gasteiger partial charge in [0.2, 0.25) is 0 Å². The predicted octanol–water partition coefficient (Wildman–Crippen LogP) is 2.91. The van der Waals surface area contributed by atoms with Crippen molar-refractivity contribution < 1.29 is 14.8 Å². The van der Waals surface area contributed by atoms with E-state index in [9.17, 15) is 0 Å². The number of fused-ring (bicyclic) bond motifs is 1. The highest BCUT2D eigenvalue weighted by Crippen LogP contribution is 2.35. The highest BCUT2D eigenvalue weighted by atomic mass is 127. The maximum absolute atomic E-state index is 5.72. The molecule has 4 heteroatoms. The first-order valence-electron chi connectivity index (χ1n) is 7.65. The van der Waals surface area contributed by atoms with E-state index in [1.165, 1.54) is 20.3 Å². The van der Waals surface area contributed by atoms with Crippen LogP contribution in [0, 0.1) is 3.57 Å². The Morgan fingerprint density at radius 2 is 2.09 bits per heavy atom. The molecule has 3 rings (SSSR count). The van der Waals surface area contributed by atoms with Gasteiger partial charge in [-0.15, -0.1) is 0 Å². The van der Waals surface area contributed by atoms with E-state index in [2.05, 4.69) is 64.3 Å². The first-order chi connectivity index (χ1) is 10.7. The van der Waals surface area contributed by atoms with Crippen molar-refractivity contribution in [3.05, 3.63) is 56.7 Å². The molecule has 22 heavy (non-hydrogen) atoms. The number of quaternary nitrogens is 1. The van der Waals surface area contributed by atoms with Crippen LogP contribution in [-0.2, 0) is 6.42 Å². The number of nitrogens with two attached hydrogens (primary N) is 1. The van der Waals surface area contributed by atoms with E-state index in [4.69, 9.17) is 9.47 Å². The maximum Gasteiger partial charge on any atom is 0.161 e. The molecule has 0 saturated carbocycles. The van der Waals surface area contributed by atoms with Gasteiger partial charge in [-0.2, -0.15) is 0 Å². The van der Waals surface area contributed by atoms with Crippen LogP contribution in [0.5, 0.6) is 11.5 Å². The molecule has 1 heterocycles. The molecular formula is C18H21INO2+. The lowest BCUT2D eigenvalue weighted by Crippen LogP contribution is -2.87. The van der Waals surface area contributed by atoms with Crippen molar-refractivity contribution in [3.8, 4) is 11.5 Å². The number of methoxy groups -OCH3 is 1. The largest absolute Gasteiger partial charge is 0.493 e. The van der Waals surface area contributed by atoms with E-state index in [1.54, 1.807) is 7.11 Å². The zero-order valence-corrected chi connectivity index (χ0v) is 15.1. The summed E-state index contributed by atoms with van der Waals surface area (Å²) in [5.74, 6) is 1.68. The summed E-state index contributed by atoms with van der Waals surface area (Å²) < 4.78 is 12.5. The van der Waals surface area contributed by atoms with Crippen molar-refractivity contribution in [2.45, 2.75) is 19.4 Å². The quantitative estimate of drug-likeness (QED) is 0.787. The maximum atomic E-state index is 5.72. The molecule has 0 radical (unpaired) electrons. The summed E-state index contributed by atoms with van der Waals surface area (Å²) in [6.45, 7) is 3.75. The van der Waals surface area contributed by atoms with E-state index >= 15 is 0 Å². The number of rotatable bonds is 4. The molecule has 0 bridgehead atoms. The number of hydrogen-bond acceptors (Lipinski definition) is 2. The third kappa shape index (κ3) is 3.08. The molecule has 2 N–H and O–H groups in total. The van der Waals surface area contributed by atoms with Crippen LogP contribution < -0.4 is 14.8 Å². The summed E-state index contributed by atoms with van der Waals surface area (Å²) in [6.07, 6.45) is 1.07. The summed E-state index contributed by atoms with van der Waals surface area (Å²) in [4.78, 5) is 0. The molecule has 0 spiro atoms. The van der Waals surface area contributed by atoms with Gasteiger partial charge in [-0.3, -0.25) is 0 Å². The second-order valence-corrected chi connectivity index (χ2v) is 6.69. The molecule has 2 aromatic rings. The van der Waals surface area contributed by atoms with Crippen molar-refractivity contribution in [2.24, 2.45) is 0 Å². The van der Waals surface area contributed by atoms with E-state index < -0.39 is 0 Å². The molecule has 116 valence electrons. The van der Waals surface area contributed by atoms with Gasteiger partial charge < -0.3 is 14.8 Å². The van der Waals surface area contributed by atoms with Crippen molar-refractivity contribution in [2.75, 3.05) is 20.3 Å². The normalized spacial score (nSPS) is 17.0. The van der Waals surface area contributed by atoms with Gasteiger partial charge in [0.05, 0.1) is 20.3 Å². The lowest BCUT2D eigenvalue weighted by Gasteiger charge is -2.26. The lowest BCUT2D eigenvalue weighted by atomic mass is 9.89. The van der Waals surface area contributed by atoms with Gasteiger partial charge in [0.1, 0.15) is 6.04 Å². The summed E-state index contributed by atoms with van der Waals surface area (Å²) in [5.41, 5.74) is 4.06. The topological polar surface area (TPSA) is 35.1 Å². The van der Waals surface area contributed by atoms with Gasteiger partial charge in [-0.25, -0.2) is 0 Å². The Bertz CT molecular complexity index is 672. The Hall–Kier alpha value is -1.27. The summed E-state index contributed by atoms with van der Waals surface area (Å²) in [7, 11) is 1.71. The van der Waals surface area contributed by atoms with Gasteiger partial charge >= 0.3 is 0 Å². The van der Waals surface area contributed by atoms with Crippen LogP contribution in [0.3, 0.4) is 0 Å². The van der Waals surface area contributed by atoms with Crippen molar-refractivity contribution in [1.29, 1.82) is 0 Å². The van der Waals surface area contributed by atoms with E-state index in [-0.39, 0.29) is 0 Å². The van der Waals surface area contributed by atoms with Gasteiger partial charge in [0.25, 0.3) is 0 Å². The summed E-state index contributed by atoms with van der Waals surface area (Å²) >= 11 is 2.37. The minimum absolute atomic E-state index is 0.336. The molecule has 1 aliphatic heterocycles. The fourth-order valence-electron chi connectivity index (χ4n) is 3.10. The number of ether oxygens (including phenoxy) is 2. The fraction of sp³-hybridized carbons (Fsp3) is 0.333. The first-order valence-corrected chi connectivity index (χ1v) is 8.73. The van der Waals surface area contributed by atoms with Gasteiger partial charge in [0, 0.05) is 21.1 Å². The first kappa shape index (κ1) is 15.6. The van der Waals surface area contributed by atoms with Crippen molar-refractivity contribution in [3.63, 3.8) is 0 Å². The molecule has 3 nitrogen and oxygen atoms in total. The van der Waals surface area contributed by atoms with Gasteiger partial charge in [0.15, 0.2) is 11.5 Å². The number of hydrogen-bond donors (Lipinski definition) is 1. The second-order valence-electron chi connectivity index (χ2n) is 5.44. The molecular weight excluding hydrogens is 389 g/mol. The van der Waals surface area contributed by atoms with Gasteiger partial charge in [-0.05, 0) is 59.3 Å². The lowest BCUT2D eigenvalue weighted by molar-refractivity contribution is -0.690. The standard InChI is InChI=1S/C18H20INO2/c1-3-22-17-10-12-7-8-20-18(15(12)11-16(17)21-2)13-5-4-6-14(19)9-13/h4-6,9-11,18,20H,3,7-8H2,1-2H3/p+1/t18-/m0/s1. The Balaban J connectivity index is 2.05. The molecule has 0 amide bonds. The molecule has 0 unspecified atom stereocenters. The van der Waals surface area contributed by atoms with Crippen LogP contribution in [0.25, 0.3) is 0 Å². The SMILES string of the molecule is CCOc1cc2c(cc1OC)[C@H](c1cccc(I)c1)[NH2+]CC2. The average molecular weight is 410 g/mol. The van der Waals surface area contributed by atoms with E-state index in [1.807, 2.05) is 6.92 Å². The number of halogens is 1. The Morgan fingerprint density at radius 3 is 2.82 bits per heavy atom. The van der Waals surface area contributed by atoms with E-state index in [0.29, 0.717) is 12.6 Å². The zero-order chi connectivity index (χ0) is 15.5. The highest BCUT2D eigenvalue weighted by molar-refractivity contribution is 14.1. The molecule has 0 saturated heterocycles. The fourth-order valence-corrected chi connectivity index (χ4v) is 3.67. The molecule has 2 aromatic carbocycles. The third-order valence-electron chi connectivity index (χ3n) is 4.08. The summed E-state index contributed by atoms with van der Waals surface area (Å²) in [5, 5.41) is 2.41. The average Bonchev–Trinajstić information content (AvgIpc) is 2.54. The van der Waals surface area contributed by atoms with Crippen LogP contribution in [0.2, 0.25) is 0 Å². The molecule has 0 aliphatic carbocycles. The van der Waals surface area contributed by atoms with Crippen LogP contribution >= 0.6 is 22.6 Å². The van der Waals surface area contributed by atoms with E-state index in [0.717, 1.165) is 24.5 Å². The number of benzene rings is 2. The Morgan fingerprint density at radius 1 is 1.23 bits per heavy atom. The van der Waals surface area contributed by atoms with Gasteiger partial charge in [-0.1, -0.05) is 12.1 Å². The Kier molecular flexibility index (Phi) is 4.88. The van der Waals surface area contributed by atoms with Crippen LogP contribution in [0.1, 0.15) is 29.7 Å². The third-order valence-corrected chi connectivity index (χ3v) is 4.76. The molecule has 1 atom stereocenters. The Labute approximate surface area is 145 Å². The molecule has 0 aromatic heterocycles. The summed E-state index contributed by atoms with van der Waals surface area (Å²) in [6, 6.07) is 13.4. The predicted molar refractivity (Wildman–Crippen MR) is 95.7 cm³/mol. The van der Waals surface area contributed by atoms with Crippen LogP contribution in [0.4, 0.5) is 0 Å².